The number of carbonyl (C=O) groups is 1. The number of nitrogens with zero attached hydrogens (tertiary/aromatic N) is 1. The second kappa shape index (κ2) is 9.37. The van der Waals surface area contributed by atoms with Crippen LogP contribution in [0.2, 0.25) is 0 Å². The van der Waals surface area contributed by atoms with Crippen molar-refractivity contribution in [3.63, 3.8) is 0 Å². The quantitative estimate of drug-likeness (QED) is 0.442. The molecule has 5 nitrogen and oxygen atoms in total. The summed E-state index contributed by atoms with van der Waals surface area (Å²) in [5.74, 6) is 1.46. The van der Waals surface area contributed by atoms with Crippen LogP contribution in [-0.4, -0.2) is 47.6 Å². The number of hydrogen-bond acceptors (Lipinski definition) is 6. The van der Waals surface area contributed by atoms with Crippen molar-refractivity contribution in [2.24, 2.45) is 0 Å². The predicted molar refractivity (Wildman–Crippen MR) is 125 cm³/mol. The van der Waals surface area contributed by atoms with E-state index in [1.54, 1.807) is 4.90 Å². The van der Waals surface area contributed by atoms with Gasteiger partial charge in [0, 0.05) is 12.2 Å². The van der Waals surface area contributed by atoms with Gasteiger partial charge >= 0.3 is 0 Å². The zero-order valence-electron chi connectivity index (χ0n) is 17.2. The third-order valence-corrected chi connectivity index (χ3v) is 6.54. The van der Waals surface area contributed by atoms with E-state index in [1.807, 2.05) is 50.3 Å². The lowest BCUT2D eigenvalue weighted by molar-refractivity contribution is -0.123. The smallest absolute Gasteiger partial charge is 0.266 e. The SMILES string of the molecule is CCOc1ccc2ccc(OCC)c(/C=C3\SC(=S)N(C[C@H]4CCCO4)C3=O)c2c1. The molecule has 0 radical (unpaired) electrons. The van der Waals surface area contributed by atoms with Crippen molar-refractivity contribution in [2.45, 2.75) is 32.8 Å². The Hall–Kier alpha value is -2.09. The van der Waals surface area contributed by atoms with Crippen LogP contribution in [0.5, 0.6) is 11.5 Å². The Kier molecular flexibility index (Phi) is 6.61. The Balaban J connectivity index is 1.72. The Labute approximate surface area is 186 Å². The monoisotopic (exact) mass is 443 g/mol. The number of hydrogen-bond donors (Lipinski definition) is 0. The topological polar surface area (TPSA) is 48.0 Å². The van der Waals surface area contributed by atoms with Crippen molar-refractivity contribution in [3.05, 3.63) is 40.8 Å². The van der Waals surface area contributed by atoms with E-state index in [-0.39, 0.29) is 12.0 Å². The summed E-state index contributed by atoms with van der Waals surface area (Å²) < 4.78 is 17.8. The minimum absolute atomic E-state index is 0.0668. The van der Waals surface area contributed by atoms with Gasteiger partial charge in [-0.3, -0.25) is 9.69 Å². The lowest BCUT2D eigenvalue weighted by Gasteiger charge is -2.18. The first-order valence-corrected chi connectivity index (χ1v) is 11.5. The molecule has 0 N–H and O–H groups in total. The van der Waals surface area contributed by atoms with Crippen molar-refractivity contribution in [1.82, 2.24) is 4.90 Å². The summed E-state index contributed by atoms with van der Waals surface area (Å²) in [4.78, 5) is 15.4. The van der Waals surface area contributed by atoms with Crippen LogP contribution in [0.15, 0.2) is 35.2 Å². The summed E-state index contributed by atoms with van der Waals surface area (Å²) >= 11 is 6.84. The lowest BCUT2D eigenvalue weighted by Crippen LogP contribution is -2.35. The molecule has 30 heavy (non-hydrogen) atoms. The molecule has 0 spiro atoms. The second-order valence-electron chi connectivity index (χ2n) is 7.15. The molecule has 0 unspecified atom stereocenters. The molecule has 1 amide bonds. The molecule has 0 aliphatic carbocycles. The molecule has 7 heteroatoms. The van der Waals surface area contributed by atoms with Crippen molar-refractivity contribution < 1.29 is 19.0 Å². The molecule has 0 saturated carbocycles. The third kappa shape index (κ3) is 4.33. The van der Waals surface area contributed by atoms with Gasteiger partial charge in [-0.15, -0.1) is 0 Å². The van der Waals surface area contributed by atoms with Crippen LogP contribution < -0.4 is 9.47 Å². The molecular formula is C23H25NO4S2. The van der Waals surface area contributed by atoms with E-state index in [1.165, 1.54) is 11.8 Å². The normalized spacial score (nSPS) is 20.5. The average molecular weight is 444 g/mol. The predicted octanol–water partition coefficient (Wildman–Crippen LogP) is 5.02. The lowest BCUT2D eigenvalue weighted by atomic mass is 10.0. The zero-order valence-corrected chi connectivity index (χ0v) is 18.8. The highest BCUT2D eigenvalue weighted by Crippen LogP contribution is 2.38. The summed E-state index contributed by atoms with van der Waals surface area (Å²) in [5.41, 5.74) is 0.869. The van der Waals surface area contributed by atoms with Crippen LogP contribution in [-0.2, 0) is 9.53 Å². The van der Waals surface area contributed by atoms with Gasteiger partial charge in [-0.2, -0.15) is 0 Å². The van der Waals surface area contributed by atoms with E-state index >= 15 is 0 Å². The molecule has 1 atom stereocenters. The maximum Gasteiger partial charge on any atom is 0.266 e. The Morgan fingerprint density at radius 2 is 2.03 bits per heavy atom. The van der Waals surface area contributed by atoms with Gasteiger partial charge in [0.2, 0.25) is 0 Å². The van der Waals surface area contributed by atoms with E-state index < -0.39 is 0 Å². The molecular weight excluding hydrogens is 418 g/mol. The number of ether oxygens (including phenoxy) is 3. The van der Waals surface area contributed by atoms with E-state index in [4.69, 9.17) is 26.4 Å². The van der Waals surface area contributed by atoms with Crippen LogP contribution in [0.1, 0.15) is 32.3 Å². The highest BCUT2D eigenvalue weighted by molar-refractivity contribution is 8.26. The first kappa shape index (κ1) is 21.2. The van der Waals surface area contributed by atoms with Gasteiger partial charge in [-0.25, -0.2) is 0 Å². The van der Waals surface area contributed by atoms with Gasteiger partial charge < -0.3 is 14.2 Å². The minimum atomic E-state index is -0.0686. The maximum absolute atomic E-state index is 13.1. The molecule has 4 rings (SSSR count). The van der Waals surface area contributed by atoms with Crippen molar-refractivity contribution in [1.29, 1.82) is 0 Å². The second-order valence-corrected chi connectivity index (χ2v) is 8.83. The summed E-state index contributed by atoms with van der Waals surface area (Å²) in [5, 5.41) is 2.04. The number of thiocarbonyl (C=S) groups is 1. The first-order valence-electron chi connectivity index (χ1n) is 10.3. The average Bonchev–Trinajstić information content (AvgIpc) is 3.34. The molecule has 2 heterocycles. The van der Waals surface area contributed by atoms with Gasteiger partial charge in [0.25, 0.3) is 5.91 Å². The molecule has 2 fully saturated rings. The third-order valence-electron chi connectivity index (χ3n) is 5.16. The number of fused-ring (bicyclic) bond motifs is 1. The van der Waals surface area contributed by atoms with E-state index in [0.29, 0.717) is 29.0 Å². The number of carbonyl (C=O) groups excluding carboxylic acids is 1. The number of thioether (sulfide) groups is 1. The van der Waals surface area contributed by atoms with Crippen LogP contribution in [0.25, 0.3) is 16.8 Å². The summed E-state index contributed by atoms with van der Waals surface area (Å²) in [7, 11) is 0. The molecule has 2 aromatic carbocycles. The molecule has 2 saturated heterocycles. The largest absolute Gasteiger partial charge is 0.494 e. The molecule has 2 aromatic rings. The molecule has 2 aliphatic rings. The summed E-state index contributed by atoms with van der Waals surface area (Å²) in [6.07, 6.45) is 3.97. The Morgan fingerprint density at radius 1 is 1.23 bits per heavy atom. The van der Waals surface area contributed by atoms with Gasteiger partial charge in [0.1, 0.15) is 15.8 Å². The zero-order chi connectivity index (χ0) is 21.1. The number of rotatable bonds is 7. The molecule has 158 valence electrons. The number of amides is 1. The fourth-order valence-corrected chi connectivity index (χ4v) is 5.03. The number of benzene rings is 2. The maximum atomic E-state index is 13.1. The molecule has 2 aliphatic heterocycles. The van der Waals surface area contributed by atoms with Crippen molar-refractivity contribution >= 4 is 51.1 Å². The van der Waals surface area contributed by atoms with Crippen molar-refractivity contribution in [3.8, 4) is 11.5 Å². The fraction of sp³-hybridized carbons (Fsp3) is 0.391. The standard InChI is InChI=1S/C23H25NO4S2/c1-3-26-16-9-7-15-8-10-20(27-4-2)19(18(15)12-16)13-21-22(25)24(23(29)30-21)14-17-6-5-11-28-17/h7-10,12-13,17H,3-6,11,14H2,1-2H3/b21-13-/t17-/m1/s1. The Morgan fingerprint density at radius 3 is 2.77 bits per heavy atom. The van der Waals surface area contributed by atoms with Crippen LogP contribution in [0.4, 0.5) is 0 Å². The summed E-state index contributed by atoms with van der Waals surface area (Å²) in [6.45, 7) is 6.31. The van der Waals surface area contributed by atoms with E-state index in [2.05, 4.69) is 0 Å². The van der Waals surface area contributed by atoms with Gasteiger partial charge in [-0.05, 0) is 61.7 Å². The highest BCUT2D eigenvalue weighted by atomic mass is 32.2. The van der Waals surface area contributed by atoms with Gasteiger partial charge in [-0.1, -0.05) is 36.1 Å². The van der Waals surface area contributed by atoms with E-state index in [9.17, 15) is 4.79 Å². The summed E-state index contributed by atoms with van der Waals surface area (Å²) in [6, 6.07) is 9.95. The van der Waals surface area contributed by atoms with E-state index in [0.717, 1.165) is 47.3 Å². The van der Waals surface area contributed by atoms with Crippen molar-refractivity contribution in [2.75, 3.05) is 26.4 Å². The van der Waals surface area contributed by atoms with Crippen LogP contribution in [0.3, 0.4) is 0 Å². The molecule has 0 bridgehead atoms. The van der Waals surface area contributed by atoms with Gasteiger partial charge in [0.15, 0.2) is 0 Å². The fourth-order valence-electron chi connectivity index (χ4n) is 3.77. The first-order chi connectivity index (χ1) is 14.6. The van der Waals surface area contributed by atoms with Crippen LogP contribution >= 0.6 is 24.0 Å². The van der Waals surface area contributed by atoms with Crippen LogP contribution in [0, 0.1) is 0 Å². The minimum Gasteiger partial charge on any atom is -0.494 e. The molecule has 0 aromatic heterocycles. The van der Waals surface area contributed by atoms with Gasteiger partial charge in [0.05, 0.1) is 30.8 Å². The Bertz CT molecular complexity index is 993. The highest BCUT2D eigenvalue weighted by Gasteiger charge is 2.34.